The number of fused-ring (bicyclic) bond motifs is 3. The number of ether oxygens (including phenoxy) is 1. The molecule has 0 bridgehead atoms. The summed E-state index contributed by atoms with van der Waals surface area (Å²) in [6.07, 6.45) is -6.26. The third-order valence-electron chi connectivity index (χ3n) is 10.7. The lowest BCUT2D eigenvalue weighted by atomic mass is 9.98. The summed E-state index contributed by atoms with van der Waals surface area (Å²) in [5.74, 6) is -1.33. The van der Waals surface area contributed by atoms with E-state index in [0.717, 1.165) is 32.1 Å². The van der Waals surface area contributed by atoms with E-state index in [9.17, 15) is 39.9 Å². The van der Waals surface area contributed by atoms with Crippen LogP contribution in [-0.2, 0) is 14.0 Å². The zero-order valence-electron chi connectivity index (χ0n) is 32.4. The van der Waals surface area contributed by atoms with Crippen LogP contribution >= 0.6 is 0 Å². The molecule has 3 amide bonds. The monoisotopic (exact) mass is 759 g/mol. The van der Waals surface area contributed by atoms with Crippen LogP contribution in [0.15, 0.2) is 48.5 Å². The van der Waals surface area contributed by atoms with Crippen LogP contribution in [0.2, 0.25) is 16.6 Å². The van der Waals surface area contributed by atoms with Gasteiger partial charge >= 0.3 is 18.1 Å². The molecule has 296 valence electrons. The number of amides is 3. The topological polar surface area (TPSA) is 189 Å². The van der Waals surface area contributed by atoms with E-state index in [-0.39, 0.29) is 55.3 Å². The standard InChI is InChI=1S/C39H61N3O10Si/c1-24(2)53(25(3)4,26(5)6)52-23-34(44)36(46)35(45)33(43)21-41(7)38(49)40-20-14-13-19-32(37(47)48)42(8)39(50)51-22-31-29-17-11-9-15-27(29)28-16-10-12-18-30(28)31/h9-12,15-18,24-26,31-36,43-46H,13-14,19-23H2,1-8H3,(H,40,49)(H,47,48). The first-order valence-corrected chi connectivity index (χ1v) is 20.7. The van der Waals surface area contributed by atoms with Gasteiger partial charge in [-0.2, -0.15) is 0 Å². The summed E-state index contributed by atoms with van der Waals surface area (Å²) in [7, 11) is 0.472. The van der Waals surface area contributed by atoms with E-state index in [4.69, 9.17) is 9.16 Å². The molecule has 0 aliphatic heterocycles. The van der Waals surface area contributed by atoms with Gasteiger partial charge in [-0.3, -0.25) is 4.90 Å². The first kappa shape index (κ1) is 43.9. The van der Waals surface area contributed by atoms with Gasteiger partial charge in [0.2, 0.25) is 0 Å². The van der Waals surface area contributed by atoms with Crippen LogP contribution in [-0.4, -0.2) is 133 Å². The highest BCUT2D eigenvalue weighted by molar-refractivity contribution is 6.77. The maximum Gasteiger partial charge on any atom is 0.410 e. The number of hydrogen-bond donors (Lipinski definition) is 6. The van der Waals surface area contributed by atoms with Gasteiger partial charge in [-0.25, -0.2) is 14.4 Å². The number of aliphatic hydroxyl groups is 4. The Bertz CT molecular complexity index is 1440. The smallest absolute Gasteiger partial charge is 0.410 e. The second-order valence-electron chi connectivity index (χ2n) is 15.1. The van der Waals surface area contributed by atoms with Gasteiger partial charge in [0, 0.05) is 26.6 Å². The summed E-state index contributed by atoms with van der Waals surface area (Å²) in [5, 5.41) is 55.0. The highest BCUT2D eigenvalue weighted by Crippen LogP contribution is 2.45. The van der Waals surface area contributed by atoms with Crippen LogP contribution in [0.25, 0.3) is 11.1 Å². The lowest BCUT2D eigenvalue weighted by Gasteiger charge is -2.43. The molecular formula is C39H61N3O10Si. The largest absolute Gasteiger partial charge is 0.480 e. The van der Waals surface area contributed by atoms with Crippen LogP contribution in [0.5, 0.6) is 0 Å². The minimum Gasteiger partial charge on any atom is -0.480 e. The Hall–Kier alpha value is -3.53. The van der Waals surface area contributed by atoms with Gasteiger partial charge < -0.3 is 44.9 Å². The fourth-order valence-electron chi connectivity index (χ4n) is 7.85. The van der Waals surface area contributed by atoms with Gasteiger partial charge in [0.05, 0.1) is 13.2 Å². The van der Waals surface area contributed by atoms with E-state index in [0.29, 0.717) is 12.8 Å². The highest BCUT2D eigenvalue weighted by Gasteiger charge is 2.46. The summed E-state index contributed by atoms with van der Waals surface area (Å²) in [6, 6.07) is 14.2. The summed E-state index contributed by atoms with van der Waals surface area (Å²) in [6.45, 7) is 12.3. The predicted octanol–water partition coefficient (Wildman–Crippen LogP) is 4.77. The summed E-state index contributed by atoms with van der Waals surface area (Å²) in [4.78, 5) is 40.0. The quantitative estimate of drug-likeness (QED) is 0.0811. The number of hydrogen-bond acceptors (Lipinski definition) is 9. The van der Waals surface area contributed by atoms with Crippen molar-refractivity contribution >= 4 is 26.4 Å². The molecule has 0 aromatic heterocycles. The van der Waals surface area contributed by atoms with E-state index in [1.165, 1.54) is 14.1 Å². The number of aliphatic carboxylic acids is 1. The molecular weight excluding hydrogens is 699 g/mol. The van der Waals surface area contributed by atoms with Crippen molar-refractivity contribution in [3.05, 3.63) is 59.7 Å². The van der Waals surface area contributed by atoms with E-state index in [2.05, 4.69) is 46.9 Å². The highest BCUT2D eigenvalue weighted by atomic mass is 28.4. The van der Waals surface area contributed by atoms with Crippen molar-refractivity contribution < 1.29 is 49.1 Å². The van der Waals surface area contributed by atoms with E-state index in [1.54, 1.807) is 0 Å². The number of carbonyl (C=O) groups is 3. The number of nitrogens with one attached hydrogen (secondary N) is 1. The second kappa shape index (κ2) is 19.7. The fraction of sp³-hybridized carbons (Fsp3) is 0.615. The number of rotatable bonds is 20. The fourth-order valence-corrected chi connectivity index (χ4v) is 13.3. The zero-order valence-corrected chi connectivity index (χ0v) is 33.4. The molecule has 0 heterocycles. The zero-order chi connectivity index (χ0) is 39.6. The van der Waals surface area contributed by atoms with Crippen molar-refractivity contribution in [2.24, 2.45) is 0 Å². The number of aliphatic hydroxyl groups excluding tert-OH is 4. The van der Waals surface area contributed by atoms with Crippen LogP contribution in [0, 0.1) is 0 Å². The van der Waals surface area contributed by atoms with Crippen molar-refractivity contribution in [1.29, 1.82) is 0 Å². The number of likely N-dealkylation sites (N-methyl/N-ethyl adjacent to an activating group) is 2. The minimum absolute atomic E-state index is 0.0691. The number of unbranched alkanes of at least 4 members (excludes halogenated alkanes) is 1. The first-order chi connectivity index (χ1) is 24.9. The normalized spacial score (nSPS) is 15.8. The second-order valence-corrected chi connectivity index (χ2v) is 20.6. The molecule has 13 nitrogen and oxygen atoms in total. The lowest BCUT2D eigenvalue weighted by molar-refractivity contribution is -0.142. The average Bonchev–Trinajstić information content (AvgIpc) is 3.43. The van der Waals surface area contributed by atoms with E-state index >= 15 is 0 Å². The molecule has 0 radical (unpaired) electrons. The van der Waals surface area contributed by atoms with Gasteiger partial charge in [-0.1, -0.05) is 90.1 Å². The van der Waals surface area contributed by atoms with Crippen molar-refractivity contribution in [2.75, 3.05) is 40.4 Å². The van der Waals surface area contributed by atoms with Crippen molar-refractivity contribution in [3.8, 4) is 11.1 Å². The van der Waals surface area contributed by atoms with Crippen LogP contribution in [0.4, 0.5) is 9.59 Å². The molecule has 3 rings (SSSR count). The van der Waals surface area contributed by atoms with Crippen LogP contribution < -0.4 is 5.32 Å². The Labute approximate surface area is 315 Å². The number of urea groups is 1. The first-order valence-electron chi connectivity index (χ1n) is 18.6. The Morgan fingerprint density at radius 1 is 0.792 bits per heavy atom. The molecule has 5 atom stereocenters. The molecule has 2 aromatic carbocycles. The molecule has 1 aliphatic rings. The number of benzene rings is 2. The summed E-state index contributed by atoms with van der Waals surface area (Å²) in [5.41, 5.74) is 5.04. The number of carboxylic acids is 1. The number of carboxylic acid groups (broad SMARTS) is 1. The molecule has 2 aromatic rings. The molecule has 0 fully saturated rings. The minimum atomic E-state index is -2.34. The van der Waals surface area contributed by atoms with Gasteiger partial charge in [0.25, 0.3) is 0 Å². The van der Waals surface area contributed by atoms with E-state index < -0.39 is 56.9 Å². The maximum atomic E-state index is 13.0. The number of carbonyl (C=O) groups excluding carboxylic acids is 2. The summed E-state index contributed by atoms with van der Waals surface area (Å²) >= 11 is 0. The number of nitrogens with zero attached hydrogens (tertiary/aromatic N) is 2. The Morgan fingerprint density at radius 3 is 1.81 bits per heavy atom. The Morgan fingerprint density at radius 2 is 1.30 bits per heavy atom. The van der Waals surface area contributed by atoms with Crippen LogP contribution in [0.3, 0.4) is 0 Å². The third kappa shape index (κ3) is 10.6. The maximum absolute atomic E-state index is 13.0. The van der Waals surface area contributed by atoms with E-state index in [1.807, 2.05) is 48.5 Å². The van der Waals surface area contributed by atoms with Gasteiger partial charge in [-0.05, 0) is 58.1 Å². The van der Waals surface area contributed by atoms with Gasteiger partial charge in [0.1, 0.15) is 37.1 Å². The third-order valence-corrected chi connectivity index (χ3v) is 16.8. The molecule has 0 saturated heterocycles. The molecule has 1 aliphatic carbocycles. The average molecular weight is 760 g/mol. The van der Waals surface area contributed by atoms with Gasteiger partial charge in [0.15, 0.2) is 8.32 Å². The van der Waals surface area contributed by atoms with Crippen molar-refractivity contribution in [3.63, 3.8) is 0 Å². The molecule has 14 heteroatoms. The lowest BCUT2D eigenvalue weighted by Crippen LogP contribution is -2.53. The van der Waals surface area contributed by atoms with Crippen molar-refractivity contribution in [1.82, 2.24) is 15.1 Å². The molecule has 53 heavy (non-hydrogen) atoms. The SMILES string of the molecule is CC(C)[Si](OCC(O)C(O)C(O)C(O)CN(C)C(=O)NCCCCC(C(=O)O)N(C)C(=O)OCC1c2ccccc2-c2ccccc21)(C(C)C)C(C)C. The van der Waals surface area contributed by atoms with Crippen LogP contribution in [0.1, 0.15) is 77.8 Å². The molecule has 0 spiro atoms. The molecule has 6 N–H and O–H groups in total. The molecule has 0 saturated carbocycles. The predicted molar refractivity (Wildman–Crippen MR) is 205 cm³/mol. The summed E-state index contributed by atoms with van der Waals surface area (Å²) < 4.78 is 12.0. The van der Waals surface area contributed by atoms with Gasteiger partial charge in [-0.15, -0.1) is 0 Å². The van der Waals surface area contributed by atoms with Crippen molar-refractivity contribution in [2.45, 2.75) is 114 Å². The molecule has 5 unspecified atom stereocenters. The Kier molecular flexibility index (Phi) is 16.3. The Balaban J connectivity index is 1.42.